The lowest BCUT2D eigenvalue weighted by atomic mass is 9.98. The van der Waals surface area contributed by atoms with Crippen molar-refractivity contribution in [3.05, 3.63) is 41.2 Å². The third-order valence-electron chi connectivity index (χ3n) is 7.51. The molecule has 1 aliphatic carbocycles. The van der Waals surface area contributed by atoms with Crippen LogP contribution in [0.15, 0.2) is 18.2 Å². The van der Waals surface area contributed by atoms with Gasteiger partial charge in [0.25, 0.3) is 5.92 Å². The summed E-state index contributed by atoms with van der Waals surface area (Å²) in [5.41, 5.74) is -1.51. The lowest BCUT2D eigenvalue weighted by Crippen LogP contribution is -2.38. The smallest absolute Gasteiger partial charge is 0.274 e. The molecule has 3 aliphatic rings. The summed E-state index contributed by atoms with van der Waals surface area (Å²) < 4.78 is 75.8. The number of carbonyl (C=O) groups is 1. The molecule has 1 unspecified atom stereocenters. The second kappa shape index (κ2) is 9.57. The van der Waals surface area contributed by atoms with Crippen LogP contribution in [-0.4, -0.2) is 53.3 Å². The van der Waals surface area contributed by atoms with Crippen LogP contribution in [0.2, 0.25) is 0 Å². The average molecular weight is 511 g/mol. The second-order valence-corrected chi connectivity index (χ2v) is 10.1. The number of hydrogen-bond acceptors (Lipinski definition) is 5. The van der Waals surface area contributed by atoms with Crippen LogP contribution in [0.25, 0.3) is 11.3 Å². The zero-order chi connectivity index (χ0) is 25.6. The maximum Gasteiger partial charge on any atom is 0.274 e. The van der Waals surface area contributed by atoms with Crippen LogP contribution in [0.5, 0.6) is 0 Å². The first-order valence-corrected chi connectivity index (χ1v) is 12.1. The number of amides is 1. The van der Waals surface area contributed by atoms with E-state index < -0.39 is 40.2 Å². The molecule has 0 radical (unpaired) electrons. The van der Waals surface area contributed by atoms with E-state index in [-0.39, 0.29) is 35.5 Å². The van der Waals surface area contributed by atoms with Crippen molar-refractivity contribution >= 4 is 11.7 Å². The summed E-state index contributed by atoms with van der Waals surface area (Å²) in [4.78, 5) is 14.8. The number of aromatic nitrogens is 2. The van der Waals surface area contributed by atoms with E-state index in [1.807, 2.05) is 4.90 Å². The van der Waals surface area contributed by atoms with Gasteiger partial charge in [0, 0.05) is 56.8 Å². The largest absolute Gasteiger partial charge is 0.381 e. The number of nitrogens with zero attached hydrogens (tertiary/aromatic N) is 3. The number of benzene rings is 1. The fourth-order valence-electron chi connectivity index (χ4n) is 5.70. The SMILES string of the molecule is CC(F)(F)c1cc(-c2cc(F)cc(F)c2F)nnc1NC1C[C@@H]2CN(C(=O)C3CCOCC3)C[C@@H]2C1. The van der Waals surface area contributed by atoms with Gasteiger partial charge in [0.15, 0.2) is 17.5 Å². The molecular weight excluding hydrogens is 483 g/mol. The summed E-state index contributed by atoms with van der Waals surface area (Å²) in [5.74, 6) is -6.71. The first-order valence-electron chi connectivity index (χ1n) is 12.1. The number of likely N-dealkylation sites (tertiary alicyclic amines) is 1. The van der Waals surface area contributed by atoms with Crippen molar-refractivity contribution in [2.45, 2.75) is 44.6 Å². The van der Waals surface area contributed by atoms with E-state index in [2.05, 4.69) is 15.5 Å². The molecule has 0 bridgehead atoms. The fraction of sp³-hybridized carbons (Fsp3) is 0.560. The van der Waals surface area contributed by atoms with E-state index in [0.29, 0.717) is 58.2 Å². The molecule has 1 N–H and O–H groups in total. The zero-order valence-electron chi connectivity index (χ0n) is 19.7. The number of fused-ring (bicyclic) bond motifs is 1. The maximum atomic E-state index is 14.5. The molecular formula is C25H27F5N4O2. The molecule has 3 fully saturated rings. The van der Waals surface area contributed by atoms with Crippen LogP contribution in [0.4, 0.5) is 27.8 Å². The predicted octanol–water partition coefficient (Wildman–Crippen LogP) is 4.75. The number of ether oxygens (including phenoxy) is 1. The Morgan fingerprint density at radius 1 is 1.06 bits per heavy atom. The number of alkyl halides is 2. The Morgan fingerprint density at radius 2 is 1.72 bits per heavy atom. The van der Waals surface area contributed by atoms with E-state index in [1.54, 1.807) is 0 Å². The highest BCUT2D eigenvalue weighted by atomic mass is 19.3. The molecule has 194 valence electrons. The maximum absolute atomic E-state index is 14.5. The normalized spacial score (nSPS) is 24.7. The van der Waals surface area contributed by atoms with Gasteiger partial charge < -0.3 is 15.0 Å². The molecule has 3 heterocycles. The lowest BCUT2D eigenvalue weighted by molar-refractivity contribution is -0.137. The monoisotopic (exact) mass is 510 g/mol. The van der Waals surface area contributed by atoms with Crippen molar-refractivity contribution < 1.29 is 31.5 Å². The van der Waals surface area contributed by atoms with E-state index in [9.17, 15) is 26.7 Å². The summed E-state index contributed by atoms with van der Waals surface area (Å²) in [7, 11) is 0. The van der Waals surface area contributed by atoms with Gasteiger partial charge in [-0.05, 0) is 49.7 Å². The van der Waals surface area contributed by atoms with Crippen molar-refractivity contribution in [2.24, 2.45) is 17.8 Å². The number of halogens is 5. The molecule has 1 amide bonds. The second-order valence-electron chi connectivity index (χ2n) is 10.1. The Bertz CT molecular complexity index is 1140. The fourth-order valence-corrected chi connectivity index (χ4v) is 5.70. The van der Waals surface area contributed by atoms with Crippen molar-refractivity contribution in [1.82, 2.24) is 15.1 Å². The minimum absolute atomic E-state index is 0.00559. The van der Waals surface area contributed by atoms with Crippen LogP contribution in [-0.2, 0) is 15.5 Å². The van der Waals surface area contributed by atoms with Crippen molar-refractivity contribution in [2.75, 3.05) is 31.6 Å². The first kappa shape index (κ1) is 24.9. The quantitative estimate of drug-likeness (QED) is 0.465. The van der Waals surface area contributed by atoms with Gasteiger partial charge in [-0.2, -0.15) is 0 Å². The number of nitrogens with one attached hydrogen (secondary N) is 1. The lowest BCUT2D eigenvalue weighted by Gasteiger charge is -2.27. The molecule has 11 heteroatoms. The first-order chi connectivity index (χ1) is 17.1. The van der Waals surface area contributed by atoms with E-state index in [0.717, 1.165) is 18.9 Å². The molecule has 6 nitrogen and oxygen atoms in total. The van der Waals surface area contributed by atoms with Crippen molar-refractivity contribution in [3.8, 4) is 11.3 Å². The van der Waals surface area contributed by atoms with Gasteiger partial charge in [-0.15, -0.1) is 10.2 Å². The molecule has 1 aromatic heterocycles. The summed E-state index contributed by atoms with van der Waals surface area (Å²) in [5, 5.41) is 10.7. The van der Waals surface area contributed by atoms with Gasteiger partial charge in [0.2, 0.25) is 5.91 Å². The Kier molecular flexibility index (Phi) is 6.61. The van der Waals surface area contributed by atoms with Crippen LogP contribution < -0.4 is 5.32 Å². The van der Waals surface area contributed by atoms with Gasteiger partial charge in [-0.1, -0.05) is 0 Å². The van der Waals surface area contributed by atoms with Crippen LogP contribution in [0.1, 0.15) is 38.2 Å². The minimum Gasteiger partial charge on any atom is -0.381 e. The number of rotatable bonds is 5. The molecule has 3 atom stereocenters. The van der Waals surface area contributed by atoms with Gasteiger partial charge in [0.05, 0.1) is 11.3 Å². The van der Waals surface area contributed by atoms with Gasteiger partial charge in [0.1, 0.15) is 5.82 Å². The van der Waals surface area contributed by atoms with Crippen molar-refractivity contribution in [1.29, 1.82) is 0 Å². The Morgan fingerprint density at radius 3 is 2.36 bits per heavy atom. The molecule has 2 saturated heterocycles. The third kappa shape index (κ3) is 4.89. The molecule has 0 spiro atoms. The molecule has 36 heavy (non-hydrogen) atoms. The Hall–Kier alpha value is -2.82. The Labute approximate surface area is 205 Å². The van der Waals surface area contributed by atoms with E-state index >= 15 is 0 Å². The van der Waals surface area contributed by atoms with E-state index in [4.69, 9.17) is 4.74 Å². The van der Waals surface area contributed by atoms with Gasteiger partial charge in [-0.25, -0.2) is 22.0 Å². The van der Waals surface area contributed by atoms with Crippen LogP contribution in [0.3, 0.4) is 0 Å². The van der Waals surface area contributed by atoms with Crippen LogP contribution in [0, 0.1) is 35.2 Å². The topological polar surface area (TPSA) is 67.4 Å². The highest BCUT2D eigenvalue weighted by Crippen LogP contribution is 2.42. The number of anilines is 1. The summed E-state index contributed by atoms with van der Waals surface area (Å²) in [6, 6.07) is 1.83. The molecule has 5 rings (SSSR count). The number of carbonyl (C=O) groups excluding carboxylic acids is 1. The highest BCUT2D eigenvalue weighted by Gasteiger charge is 2.44. The average Bonchev–Trinajstić information content (AvgIpc) is 3.40. The molecule has 2 aromatic rings. The summed E-state index contributed by atoms with van der Waals surface area (Å²) >= 11 is 0. The Balaban J connectivity index is 1.29. The van der Waals surface area contributed by atoms with Gasteiger partial charge >= 0.3 is 0 Å². The zero-order valence-corrected chi connectivity index (χ0v) is 19.7. The summed E-state index contributed by atoms with van der Waals surface area (Å²) in [6.45, 7) is 3.17. The van der Waals surface area contributed by atoms with E-state index in [1.165, 1.54) is 0 Å². The van der Waals surface area contributed by atoms with Crippen LogP contribution >= 0.6 is 0 Å². The minimum atomic E-state index is -3.36. The third-order valence-corrected chi connectivity index (χ3v) is 7.51. The molecule has 2 aliphatic heterocycles. The predicted molar refractivity (Wildman–Crippen MR) is 121 cm³/mol. The van der Waals surface area contributed by atoms with Gasteiger partial charge in [-0.3, -0.25) is 4.79 Å². The highest BCUT2D eigenvalue weighted by molar-refractivity contribution is 5.79. The molecule has 1 saturated carbocycles. The summed E-state index contributed by atoms with van der Waals surface area (Å²) in [6.07, 6.45) is 2.85. The molecule has 1 aromatic carbocycles. The standard InChI is InChI=1S/C25H27F5N4O2/c1-25(29,30)19-10-21(18-8-16(26)9-20(27)22(18)28)32-33-23(19)31-17-6-14-11-34(12-15(14)7-17)24(35)13-2-4-36-5-3-13/h8-10,13-15,17H,2-7,11-12H2,1H3,(H,31,33)/t14-,15+,17?. The number of hydrogen-bond donors (Lipinski definition) is 1. The van der Waals surface area contributed by atoms with Crippen molar-refractivity contribution in [3.63, 3.8) is 0 Å².